The molecule has 0 atom stereocenters. The van der Waals surface area contributed by atoms with Gasteiger partial charge in [0, 0.05) is 30.4 Å². The number of aryl methyl sites for hydroxylation is 2. The van der Waals surface area contributed by atoms with Crippen molar-refractivity contribution in [3.63, 3.8) is 0 Å². The van der Waals surface area contributed by atoms with Crippen LogP contribution in [-0.2, 0) is 13.0 Å². The Morgan fingerprint density at radius 2 is 2.00 bits per heavy atom. The molecule has 0 spiro atoms. The summed E-state index contributed by atoms with van der Waals surface area (Å²) >= 11 is 1.13. The fourth-order valence-electron chi connectivity index (χ4n) is 3.10. The molecule has 0 fully saturated rings. The van der Waals surface area contributed by atoms with E-state index in [2.05, 4.69) is 30.7 Å². The topological polar surface area (TPSA) is 85.8 Å². The number of hydrogen-bond acceptors (Lipinski definition) is 7. The van der Waals surface area contributed by atoms with Gasteiger partial charge in [0.1, 0.15) is 0 Å². The van der Waals surface area contributed by atoms with Crippen molar-refractivity contribution in [1.82, 2.24) is 34.6 Å². The minimum atomic E-state index is -3.38. The molecule has 0 saturated heterocycles. The lowest BCUT2D eigenvalue weighted by Crippen LogP contribution is -2.19. The lowest BCUT2D eigenvalue weighted by molar-refractivity contribution is 0.0308. The van der Waals surface area contributed by atoms with Gasteiger partial charge in [-0.3, -0.25) is 9.67 Å². The van der Waals surface area contributed by atoms with Crippen molar-refractivity contribution in [2.75, 3.05) is 5.32 Å². The average molecular weight is 412 g/mol. The van der Waals surface area contributed by atoms with E-state index >= 15 is 8.78 Å². The van der Waals surface area contributed by atoms with Gasteiger partial charge in [-0.25, -0.2) is 0 Å². The SMILES string of the molecule is Cc1nn(C)cc1Nc1nn2c(C(F)(F)c3ccc4ncccc4c3)nnc2s1. The molecule has 146 valence electrons. The Bertz CT molecular complexity index is 1350. The van der Waals surface area contributed by atoms with Gasteiger partial charge in [0.25, 0.3) is 0 Å². The molecule has 0 saturated carbocycles. The number of nitrogens with zero attached hydrogens (tertiary/aromatic N) is 7. The van der Waals surface area contributed by atoms with Crippen LogP contribution in [0.5, 0.6) is 0 Å². The summed E-state index contributed by atoms with van der Waals surface area (Å²) in [5, 5.41) is 20.2. The van der Waals surface area contributed by atoms with Crippen LogP contribution in [0.2, 0.25) is 0 Å². The molecule has 0 radical (unpaired) electrons. The number of halogens is 2. The van der Waals surface area contributed by atoms with Crippen LogP contribution in [0, 0.1) is 6.92 Å². The van der Waals surface area contributed by atoms with E-state index in [1.54, 1.807) is 42.3 Å². The predicted molar refractivity (Wildman–Crippen MR) is 105 cm³/mol. The summed E-state index contributed by atoms with van der Waals surface area (Å²) in [6.45, 7) is 1.84. The van der Waals surface area contributed by atoms with Crippen LogP contribution in [0.1, 0.15) is 17.1 Å². The Morgan fingerprint density at radius 3 is 2.79 bits per heavy atom. The van der Waals surface area contributed by atoms with Crippen molar-refractivity contribution < 1.29 is 8.78 Å². The number of fused-ring (bicyclic) bond motifs is 2. The van der Waals surface area contributed by atoms with Crippen LogP contribution in [0.3, 0.4) is 0 Å². The highest BCUT2D eigenvalue weighted by atomic mass is 32.1. The number of pyridine rings is 1. The second-order valence-electron chi connectivity index (χ2n) is 6.54. The van der Waals surface area contributed by atoms with Gasteiger partial charge in [-0.15, -0.1) is 15.3 Å². The molecular weight excluding hydrogens is 398 g/mol. The Balaban J connectivity index is 1.54. The molecule has 11 heteroatoms. The van der Waals surface area contributed by atoms with Crippen molar-refractivity contribution >= 4 is 38.0 Å². The Hall–Kier alpha value is -3.47. The molecule has 0 aliphatic rings. The van der Waals surface area contributed by atoms with E-state index in [-0.39, 0.29) is 10.5 Å². The number of hydrogen-bond donors (Lipinski definition) is 1. The monoisotopic (exact) mass is 412 g/mol. The summed E-state index contributed by atoms with van der Waals surface area (Å²) in [6, 6.07) is 7.77. The van der Waals surface area contributed by atoms with Crippen molar-refractivity contribution in [1.29, 1.82) is 0 Å². The maximum atomic E-state index is 15.3. The van der Waals surface area contributed by atoms with Crippen LogP contribution in [0.15, 0.2) is 42.7 Å². The maximum Gasteiger partial charge on any atom is 0.333 e. The van der Waals surface area contributed by atoms with Gasteiger partial charge in [-0.1, -0.05) is 23.5 Å². The summed E-state index contributed by atoms with van der Waals surface area (Å²) in [6.07, 6.45) is 3.41. The lowest BCUT2D eigenvalue weighted by atomic mass is 10.0. The van der Waals surface area contributed by atoms with Crippen LogP contribution < -0.4 is 5.32 Å². The van der Waals surface area contributed by atoms with E-state index in [9.17, 15) is 0 Å². The van der Waals surface area contributed by atoms with E-state index < -0.39 is 11.7 Å². The summed E-state index contributed by atoms with van der Waals surface area (Å²) in [5.41, 5.74) is 1.96. The lowest BCUT2D eigenvalue weighted by Gasteiger charge is -2.14. The summed E-state index contributed by atoms with van der Waals surface area (Å²) in [4.78, 5) is 4.43. The standard InChI is InChI=1S/C18H14F2N8S/c1-10-14(9-27(2)25-10)22-16-26-28-15(23-24-17(28)29-16)18(19,20)12-5-6-13-11(8-12)4-3-7-21-13/h3-9H,1-2H3,(H,22,26). The molecule has 5 aromatic rings. The minimum absolute atomic E-state index is 0.196. The average Bonchev–Trinajstić information content (AvgIpc) is 3.35. The third-order valence-electron chi connectivity index (χ3n) is 4.49. The number of aromatic nitrogens is 7. The highest BCUT2D eigenvalue weighted by molar-refractivity contribution is 7.20. The Morgan fingerprint density at radius 1 is 1.14 bits per heavy atom. The first kappa shape index (κ1) is 17.6. The molecule has 0 unspecified atom stereocenters. The second kappa shape index (κ2) is 6.27. The zero-order chi connectivity index (χ0) is 20.2. The van der Waals surface area contributed by atoms with Crippen LogP contribution >= 0.6 is 11.3 Å². The highest BCUT2D eigenvalue weighted by Gasteiger charge is 2.40. The fraction of sp³-hybridized carbons (Fsp3) is 0.167. The zero-order valence-corrected chi connectivity index (χ0v) is 16.2. The molecule has 0 aliphatic carbocycles. The van der Waals surface area contributed by atoms with E-state index in [0.29, 0.717) is 16.0 Å². The molecule has 4 aromatic heterocycles. The highest BCUT2D eigenvalue weighted by Crippen LogP contribution is 2.37. The van der Waals surface area contributed by atoms with Gasteiger partial charge in [-0.2, -0.15) is 18.4 Å². The maximum absolute atomic E-state index is 15.3. The molecule has 0 amide bonds. The molecule has 8 nitrogen and oxygen atoms in total. The van der Waals surface area contributed by atoms with Gasteiger partial charge in [-0.05, 0) is 25.1 Å². The quantitative estimate of drug-likeness (QED) is 0.485. The second-order valence-corrected chi connectivity index (χ2v) is 7.49. The normalized spacial score (nSPS) is 12.1. The third kappa shape index (κ3) is 2.90. The van der Waals surface area contributed by atoms with Crippen LogP contribution in [0.4, 0.5) is 19.6 Å². The Labute approximate surface area is 166 Å². The molecule has 29 heavy (non-hydrogen) atoms. The third-order valence-corrected chi connectivity index (χ3v) is 5.31. The number of alkyl halides is 2. The van der Waals surface area contributed by atoms with E-state index in [0.717, 1.165) is 27.2 Å². The van der Waals surface area contributed by atoms with Gasteiger partial charge >= 0.3 is 5.92 Å². The van der Waals surface area contributed by atoms with Gasteiger partial charge in [0.2, 0.25) is 15.9 Å². The minimum Gasteiger partial charge on any atom is -0.327 e. The first-order chi connectivity index (χ1) is 13.9. The molecule has 5 rings (SSSR count). The summed E-state index contributed by atoms with van der Waals surface area (Å²) < 4.78 is 33.3. The number of benzene rings is 1. The first-order valence-corrected chi connectivity index (χ1v) is 9.46. The van der Waals surface area contributed by atoms with Crippen molar-refractivity contribution in [3.05, 3.63) is 59.8 Å². The number of nitrogens with one attached hydrogen (secondary N) is 1. The van der Waals surface area contributed by atoms with Crippen molar-refractivity contribution in [2.24, 2.45) is 7.05 Å². The van der Waals surface area contributed by atoms with Crippen LogP contribution in [0.25, 0.3) is 15.9 Å². The molecule has 1 aromatic carbocycles. The molecular formula is C18H14F2N8S. The van der Waals surface area contributed by atoms with Crippen molar-refractivity contribution in [3.8, 4) is 0 Å². The summed E-state index contributed by atoms with van der Waals surface area (Å²) in [7, 11) is 1.80. The molecule has 0 bridgehead atoms. The fourth-order valence-corrected chi connectivity index (χ4v) is 3.85. The smallest absolute Gasteiger partial charge is 0.327 e. The molecule has 4 heterocycles. The largest absolute Gasteiger partial charge is 0.333 e. The number of anilines is 2. The van der Waals surface area contributed by atoms with Gasteiger partial charge in [0.15, 0.2) is 0 Å². The van der Waals surface area contributed by atoms with E-state index in [1.165, 1.54) is 12.1 Å². The van der Waals surface area contributed by atoms with Gasteiger partial charge < -0.3 is 5.32 Å². The number of rotatable bonds is 4. The van der Waals surface area contributed by atoms with Crippen molar-refractivity contribution in [2.45, 2.75) is 12.8 Å². The molecule has 0 aliphatic heterocycles. The summed E-state index contributed by atoms with van der Waals surface area (Å²) in [5.74, 6) is -3.91. The Kier molecular flexibility index (Phi) is 3.81. The first-order valence-electron chi connectivity index (χ1n) is 8.65. The zero-order valence-electron chi connectivity index (χ0n) is 15.3. The predicted octanol–water partition coefficient (Wildman–Crippen LogP) is 3.66. The van der Waals surface area contributed by atoms with E-state index in [4.69, 9.17) is 0 Å². The van der Waals surface area contributed by atoms with Gasteiger partial charge in [0.05, 0.1) is 16.9 Å². The van der Waals surface area contributed by atoms with Crippen LogP contribution in [-0.4, -0.2) is 34.6 Å². The molecule has 1 N–H and O–H groups in total. The van der Waals surface area contributed by atoms with E-state index in [1.807, 2.05) is 6.92 Å².